The molecule has 0 bridgehead atoms. The van der Waals surface area contributed by atoms with Crippen LogP contribution >= 0.6 is 0 Å². The Balaban J connectivity index is 3.99. The van der Waals surface area contributed by atoms with Gasteiger partial charge in [0, 0.05) is 18.0 Å². The molecule has 0 aliphatic carbocycles. The maximum absolute atomic E-state index is 12.2. The number of carbonyl (C=O) groups excluding carboxylic acids is 2. The van der Waals surface area contributed by atoms with Crippen LogP contribution in [0.1, 0.15) is 27.7 Å². The van der Waals surface area contributed by atoms with Crippen molar-refractivity contribution in [2.75, 3.05) is 65.9 Å². The zero-order valence-corrected chi connectivity index (χ0v) is 17.2. The van der Waals surface area contributed by atoms with Crippen molar-refractivity contribution in [1.29, 1.82) is 0 Å². The van der Waals surface area contributed by atoms with Gasteiger partial charge in [0.25, 0.3) is 0 Å². The second kappa shape index (κ2) is 15.9. The fourth-order valence-electron chi connectivity index (χ4n) is 1.79. The molecule has 0 N–H and O–H groups in total. The smallest absolute Gasteiger partial charge is 0.410 e. The van der Waals surface area contributed by atoms with E-state index in [1.54, 1.807) is 27.7 Å². The van der Waals surface area contributed by atoms with E-state index < -0.39 is 17.7 Å². The van der Waals surface area contributed by atoms with Gasteiger partial charge in [0.15, 0.2) is 0 Å². The Hall–Kier alpha value is -2.07. The quantitative estimate of drug-likeness (QED) is 0.134. The van der Waals surface area contributed by atoms with Crippen molar-refractivity contribution in [3.63, 3.8) is 0 Å². The largest absolute Gasteiger partial charge is 0.465 e. The molecule has 0 atom stereocenters. The summed E-state index contributed by atoms with van der Waals surface area (Å²) in [4.78, 5) is 27.7. The van der Waals surface area contributed by atoms with Crippen molar-refractivity contribution in [3.8, 4) is 0 Å². The highest BCUT2D eigenvalue weighted by molar-refractivity contribution is 5.78. The second-order valence-electron chi connectivity index (χ2n) is 6.50. The molecule has 0 spiro atoms. The van der Waals surface area contributed by atoms with Gasteiger partial charge in [0.2, 0.25) is 0 Å². The van der Waals surface area contributed by atoms with Gasteiger partial charge in [-0.05, 0) is 33.2 Å². The van der Waals surface area contributed by atoms with E-state index in [1.165, 1.54) is 4.90 Å². The van der Waals surface area contributed by atoms with Gasteiger partial charge in [-0.1, -0.05) is 5.11 Å². The predicted octanol–water partition coefficient (Wildman–Crippen LogP) is 2.15. The minimum absolute atomic E-state index is 0.191. The lowest BCUT2D eigenvalue weighted by atomic mass is 10.2. The lowest BCUT2D eigenvalue weighted by Crippen LogP contribution is -2.42. The SMILES string of the molecule is CCOC(=O)CN(CCOCCOCCOCCN=[N+]=[N-])C(=O)OC(C)(C)C. The first-order valence-electron chi connectivity index (χ1n) is 9.17. The van der Waals surface area contributed by atoms with E-state index in [0.29, 0.717) is 39.6 Å². The van der Waals surface area contributed by atoms with Crippen molar-refractivity contribution in [1.82, 2.24) is 4.90 Å². The number of ether oxygens (including phenoxy) is 5. The van der Waals surface area contributed by atoms with Crippen LogP contribution in [-0.2, 0) is 28.5 Å². The van der Waals surface area contributed by atoms with Gasteiger partial charge >= 0.3 is 12.1 Å². The van der Waals surface area contributed by atoms with Crippen LogP contribution in [0.2, 0.25) is 0 Å². The van der Waals surface area contributed by atoms with Crippen LogP contribution in [0, 0.1) is 0 Å². The van der Waals surface area contributed by atoms with Gasteiger partial charge in [-0.25, -0.2) is 4.79 Å². The van der Waals surface area contributed by atoms with Crippen molar-refractivity contribution in [2.45, 2.75) is 33.3 Å². The molecular weight excluding hydrogens is 372 g/mol. The highest BCUT2D eigenvalue weighted by Crippen LogP contribution is 2.10. The Morgan fingerprint density at radius 1 is 1.00 bits per heavy atom. The molecule has 0 saturated heterocycles. The van der Waals surface area contributed by atoms with Crippen LogP contribution in [0.3, 0.4) is 0 Å². The number of nitrogens with zero attached hydrogens (tertiary/aromatic N) is 4. The van der Waals surface area contributed by atoms with E-state index in [4.69, 9.17) is 29.2 Å². The van der Waals surface area contributed by atoms with Gasteiger partial charge in [0.05, 0.1) is 46.2 Å². The van der Waals surface area contributed by atoms with Gasteiger partial charge in [-0.15, -0.1) is 0 Å². The molecule has 0 aromatic carbocycles. The summed E-state index contributed by atoms with van der Waals surface area (Å²) in [6.45, 7) is 9.55. The number of carbonyl (C=O) groups is 2. The van der Waals surface area contributed by atoms with Gasteiger partial charge in [-0.3, -0.25) is 9.69 Å². The number of amides is 1. The minimum atomic E-state index is -0.665. The van der Waals surface area contributed by atoms with Crippen molar-refractivity contribution >= 4 is 12.1 Å². The van der Waals surface area contributed by atoms with Crippen molar-refractivity contribution < 1.29 is 33.3 Å². The summed E-state index contributed by atoms with van der Waals surface area (Å²) in [5.74, 6) is -0.503. The Morgan fingerprint density at radius 3 is 2.11 bits per heavy atom. The Morgan fingerprint density at radius 2 is 1.57 bits per heavy atom. The second-order valence-corrected chi connectivity index (χ2v) is 6.50. The molecule has 162 valence electrons. The maximum atomic E-state index is 12.2. The van der Waals surface area contributed by atoms with Gasteiger partial charge in [0.1, 0.15) is 12.1 Å². The number of esters is 1. The first-order chi connectivity index (χ1) is 13.3. The maximum Gasteiger partial charge on any atom is 0.410 e. The summed E-state index contributed by atoms with van der Waals surface area (Å²) < 4.78 is 26.1. The highest BCUT2D eigenvalue weighted by Gasteiger charge is 2.24. The zero-order chi connectivity index (χ0) is 21.3. The average Bonchev–Trinajstić information content (AvgIpc) is 2.60. The Kier molecular flexibility index (Phi) is 14.8. The zero-order valence-electron chi connectivity index (χ0n) is 17.2. The topological polar surface area (TPSA) is 132 Å². The molecule has 0 unspecified atom stereocenters. The third-order valence-corrected chi connectivity index (χ3v) is 2.93. The summed E-state index contributed by atoms with van der Waals surface area (Å²) in [6, 6.07) is 0. The summed E-state index contributed by atoms with van der Waals surface area (Å²) in [5.41, 5.74) is 7.44. The van der Waals surface area contributed by atoms with Crippen molar-refractivity contribution in [3.05, 3.63) is 10.4 Å². The van der Waals surface area contributed by atoms with Crippen LogP contribution in [0.25, 0.3) is 10.4 Å². The molecule has 0 aromatic rings. The summed E-state index contributed by atoms with van der Waals surface area (Å²) in [6.07, 6.45) is -0.599. The third kappa shape index (κ3) is 16.1. The fourth-order valence-corrected chi connectivity index (χ4v) is 1.79. The molecule has 0 heterocycles. The van der Waals surface area contributed by atoms with Gasteiger partial charge < -0.3 is 23.7 Å². The Bertz CT molecular complexity index is 490. The van der Waals surface area contributed by atoms with Crippen LogP contribution in [-0.4, -0.2) is 88.4 Å². The summed E-state index contributed by atoms with van der Waals surface area (Å²) in [7, 11) is 0. The minimum Gasteiger partial charge on any atom is -0.465 e. The molecule has 0 saturated carbocycles. The first-order valence-corrected chi connectivity index (χ1v) is 9.17. The molecular formula is C17H32N4O7. The lowest BCUT2D eigenvalue weighted by Gasteiger charge is -2.26. The van der Waals surface area contributed by atoms with Crippen LogP contribution in [0.15, 0.2) is 5.11 Å². The molecule has 28 heavy (non-hydrogen) atoms. The normalized spacial score (nSPS) is 10.9. The molecule has 0 rings (SSSR count). The van der Waals surface area contributed by atoms with E-state index in [9.17, 15) is 9.59 Å². The van der Waals surface area contributed by atoms with Crippen LogP contribution < -0.4 is 0 Å². The molecule has 1 amide bonds. The number of hydrogen-bond acceptors (Lipinski definition) is 8. The molecule has 11 heteroatoms. The Labute approximate surface area is 165 Å². The first kappa shape index (κ1) is 25.9. The standard InChI is InChI=1S/C17H32N4O7/c1-5-27-15(22)14-21(16(23)28-17(2,3)4)7-9-25-11-13-26-12-10-24-8-6-19-20-18/h5-14H2,1-4H3. The fraction of sp³-hybridized carbons (Fsp3) is 0.882. The van der Waals surface area contributed by atoms with E-state index in [2.05, 4.69) is 10.0 Å². The lowest BCUT2D eigenvalue weighted by molar-refractivity contribution is -0.144. The molecule has 0 aliphatic rings. The number of azide groups is 1. The summed E-state index contributed by atoms with van der Waals surface area (Å²) in [5, 5.41) is 3.34. The van der Waals surface area contributed by atoms with E-state index in [-0.39, 0.29) is 26.3 Å². The molecule has 0 aliphatic heterocycles. The van der Waals surface area contributed by atoms with E-state index >= 15 is 0 Å². The van der Waals surface area contributed by atoms with E-state index in [1.807, 2.05) is 0 Å². The molecule has 11 nitrogen and oxygen atoms in total. The average molecular weight is 404 g/mol. The van der Waals surface area contributed by atoms with Crippen molar-refractivity contribution in [2.24, 2.45) is 5.11 Å². The highest BCUT2D eigenvalue weighted by atomic mass is 16.6. The van der Waals surface area contributed by atoms with Gasteiger partial charge in [-0.2, -0.15) is 0 Å². The van der Waals surface area contributed by atoms with Crippen LogP contribution in [0.4, 0.5) is 4.79 Å². The molecule has 0 fully saturated rings. The van der Waals surface area contributed by atoms with E-state index in [0.717, 1.165) is 0 Å². The predicted molar refractivity (Wildman–Crippen MR) is 101 cm³/mol. The third-order valence-electron chi connectivity index (χ3n) is 2.93. The molecule has 0 aromatic heterocycles. The van der Waals surface area contributed by atoms with Crippen LogP contribution in [0.5, 0.6) is 0 Å². The molecule has 0 radical (unpaired) electrons. The number of hydrogen-bond donors (Lipinski definition) is 0. The monoisotopic (exact) mass is 404 g/mol. The number of rotatable bonds is 15. The summed E-state index contributed by atoms with van der Waals surface area (Å²) >= 11 is 0.